The molecule has 0 aliphatic rings. The van der Waals surface area contributed by atoms with Gasteiger partial charge in [0.25, 0.3) is 10.0 Å². The molecule has 2 heterocycles. The molecule has 0 unspecified atom stereocenters. The monoisotopic (exact) mass is 295 g/mol. The second-order valence-corrected chi connectivity index (χ2v) is 5.89. The molecule has 0 atom stereocenters. The van der Waals surface area contributed by atoms with Gasteiger partial charge in [0.2, 0.25) is 0 Å². The molecule has 0 aromatic carbocycles. The van der Waals surface area contributed by atoms with E-state index < -0.39 is 10.0 Å². The zero-order valence-electron chi connectivity index (χ0n) is 11.1. The molecular formula is C12H17N5O2S. The first-order valence-electron chi connectivity index (χ1n) is 6.25. The van der Waals surface area contributed by atoms with E-state index in [1.807, 2.05) is 6.92 Å². The standard InChI is InChI=1S/C12H17N5O2S/c1-2-13-8-11-9-15-17-12(11)20(18,19)16-7-10-3-5-14-6-4-10/h3-6,9,13,16H,2,7-8H2,1H3,(H,15,17). The SMILES string of the molecule is CCNCc1cn[nH]c1S(=O)(=O)NCc1ccncc1. The molecule has 0 aliphatic heterocycles. The number of pyridine rings is 1. The maximum Gasteiger partial charge on any atom is 0.258 e. The van der Waals surface area contributed by atoms with Crippen molar-refractivity contribution in [2.75, 3.05) is 6.54 Å². The molecule has 0 bridgehead atoms. The van der Waals surface area contributed by atoms with Crippen molar-refractivity contribution in [1.29, 1.82) is 0 Å². The molecule has 108 valence electrons. The molecule has 2 rings (SSSR count). The third-order valence-corrected chi connectivity index (χ3v) is 4.14. The summed E-state index contributed by atoms with van der Waals surface area (Å²) in [4.78, 5) is 3.89. The largest absolute Gasteiger partial charge is 0.313 e. The Morgan fingerprint density at radius 1 is 1.25 bits per heavy atom. The number of nitrogens with zero attached hydrogens (tertiary/aromatic N) is 2. The van der Waals surface area contributed by atoms with Gasteiger partial charge >= 0.3 is 0 Å². The third kappa shape index (κ3) is 3.62. The summed E-state index contributed by atoms with van der Waals surface area (Å²) in [7, 11) is -3.60. The average Bonchev–Trinajstić information content (AvgIpc) is 2.93. The highest BCUT2D eigenvalue weighted by Crippen LogP contribution is 2.12. The highest BCUT2D eigenvalue weighted by molar-refractivity contribution is 7.89. The smallest absolute Gasteiger partial charge is 0.258 e. The van der Waals surface area contributed by atoms with Gasteiger partial charge in [0.15, 0.2) is 5.03 Å². The van der Waals surface area contributed by atoms with Gasteiger partial charge < -0.3 is 5.32 Å². The van der Waals surface area contributed by atoms with Crippen LogP contribution in [0.15, 0.2) is 35.7 Å². The number of hydrogen-bond donors (Lipinski definition) is 3. The van der Waals surface area contributed by atoms with E-state index in [1.165, 1.54) is 6.20 Å². The maximum absolute atomic E-state index is 12.2. The van der Waals surface area contributed by atoms with E-state index in [0.29, 0.717) is 12.1 Å². The topological polar surface area (TPSA) is 99.8 Å². The van der Waals surface area contributed by atoms with Crippen LogP contribution in [0.4, 0.5) is 0 Å². The third-order valence-electron chi connectivity index (χ3n) is 2.73. The van der Waals surface area contributed by atoms with E-state index in [0.717, 1.165) is 12.1 Å². The summed E-state index contributed by atoms with van der Waals surface area (Å²) >= 11 is 0. The quantitative estimate of drug-likeness (QED) is 0.686. The lowest BCUT2D eigenvalue weighted by Gasteiger charge is -2.07. The van der Waals surface area contributed by atoms with Crippen LogP contribution in [0.5, 0.6) is 0 Å². The van der Waals surface area contributed by atoms with Gasteiger partial charge in [0.1, 0.15) is 0 Å². The van der Waals surface area contributed by atoms with Crippen LogP contribution in [0, 0.1) is 0 Å². The fraction of sp³-hybridized carbons (Fsp3) is 0.333. The van der Waals surface area contributed by atoms with Gasteiger partial charge in [-0.25, -0.2) is 13.1 Å². The van der Waals surface area contributed by atoms with Crippen LogP contribution in [0.1, 0.15) is 18.1 Å². The van der Waals surface area contributed by atoms with Crippen LogP contribution in [-0.4, -0.2) is 30.1 Å². The lowest BCUT2D eigenvalue weighted by Crippen LogP contribution is -2.25. The Kier molecular flexibility index (Phi) is 4.83. The number of H-pyrrole nitrogens is 1. The van der Waals surface area contributed by atoms with E-state index in [2.05, 4.69) is 25.2 Å². The summed E-state index contributed by atoms with van der Waals surface area (Å²) in [5, 5.41) is 9.52. The van der Waals surface area contributed by atoms with Gasteiger partial charge in [0, 0.05) is 31.0 Å². The predicted molar refractivity (Wildman–Crippen MR) is 74.2 cm³/mol. The first-order chi connectivity index (χ1) is 9.63. The van der Waals surface area contributed by atoms with Crippen molar-refractivity contribution >= 4 is 10.0 Å². The molecule has 7 nitrogen and oxygen atoms in total. The molecule has 0 aliphatic carbocycles. The Morgan fingerprint density at radius 3 is 2.70 bits per heavy atom. The number of sulfonamides is 1. The number of aromatic nitrogens is 3. The van der Waals surface area contributed by atoms with Crippen molar-refractivity contribution in [3.8, 4) is 0 Å². The van der Waals surface area contributed by atoms with E-state index >= 15 is 0 Å². The van der Waals surface area contributed by atoms with Crippen molar-refractivity contribution in [1.82, 2.24) is 25.2 Å². The lowest BCUT2D eigenvalue weighted by molar-refractivity contribution is 0.574. The molecule has 0 radical (unpaired) electrons. The minimum atomic E-state index is -3.60. The van der Waals surface area contributed by atoms with Crippen molar-refractivity contribution < 1.29 is 8.42 Å². The summed E-state index contributed by atoms with van der Waals surface area (Å²) in [5.74, 6) is 0. The molecule has 0 spiro atoms. The lowest BCUT2D eigenvalue weighted by atomic mass is 10.3. The summed E-state index contributed by atoms with van der Waals surface area (Å²) in [6, 6.07) is 3.52. The molecule has 8 heteroatoms. The molecule has 20 heavy (non-hydrogen) atoms. The summed E-state index contributed by atoms with van der Waals surface area (Å²) in [5.41, 5.74) is 1.46. The fourth-order valence-electron chi connectivity index (χ4n) is 1.67. The van der Waals surface area contributed by atoms with Crippen LogP contribution in [0.2, 0.25) is 0 Å². The van der Waals surface area contributed by atoms with Gasteiger partial charge in [-0.15, -0.1) is 0 Å². The first kappa shape index (κ1) is 14.6. The van der Waals surface area contributed by atoms with Crippen molar-refractivity contribution in [2.24, 2.45) is 0 Å². The van der Waals surface area contributed by atoms with E-state index in [9.17, 15) is 8.42 Å². The zero-order chi connectivity index (χ0) is 14.4. The van der Waals surface area contributed by atoms with Gasteiger partial charge in [0.05, 0.1) is 6.20 Å². The van der Waals surface area contributed by atoms with Crippen LogP contribution in [-0.2, 0) is 23.1 Å². The Balaban J connectivity index is 2.08. The minimum absolute atomic E-state index is 0.104. The van der Waals surface area contributed by atoms with Gasteiger partial charge in [-0.1, -0.05) is 6.92 Å². The number of rotatable bonds is 7. The average molecular weight is 295 g/mol. The fourth-order valence-corrected chi connectivity index (χ4v) is 2.81. The van der Waals surface area contributed by atoms with E-state index in [1.54, 1.807) is 24.5 Å². The summed E-state index contributed by atoms with van der Waals surface area (Å²) in [6.07, 6.45) is 4.76. The van der Waals surface area contributed by atoms with Crippen LogP contribution >= 0.6 is 0 Å². The Hall–Kier alpha value is -1.77. The second kappa shape index (κ2) is 6.60. The molecule has 2 aromatic heterocycles. The predicted octanol–water partition coefficient (Wildman–Crippen LogP) is 0.393. The highest BCUT2D eigenvalue weighted by atomic mass is 32.2. The molecule has 0 amide bonds. The normalized spacial score (nSPS) is 11.7. The summed E-state index contributed by atoms with van der Waals surface area (Å²) < 4.78 is 27.0. The van der Waals surface area contributed by atoms with Crippen molar-refractivity contribution in [2.45, 2.75) is 25.0 Å². The van der Waals surface area contributed by atoms with E-state index in [4.69, 9.17) is 0 Å². The first-order valence-corrected chi connectivity index (χ1v) is 7.73. The minimum Gasteiger partial charge on any atom is -0.313 e. The summed E-state index contributed by atoms with van der Waals surface area (Å²) in [6.45, 7) is 3.38. The zero-order valence-corrected chi connectivity index (χ0v) is 11.9. The molecule has 0 saturated heterocycles. The Bertz CT molecular complexity index is 639. The molecule has 0 fully saturated rings. The number of nitrogens with one attached hydrogen (secondary N) is 3. The van der Waals surface area contributed by atoms with Gasteiger partial charge in [-0.3, -0.25) is 10.1 Å². The van der Waals surface area contributed by atoms with Crippen molar-refractivity contribution in [3.63, 3.8) is 0 Å². The second-order valence-electron chi connectivity index (χ2n) is 4.18. The number of aromatic amines is 1. The van der Waals surface area contributed by atoms with Crippen LogP contribution < -0.4 is 10.0 Å². The number of hydrogen-bond acceptors (Lipinski definition) is 5. The maximum atomic E-state index is 12.2. The van der Waals surface area contributed by atoms with Crippen LogP contribution in [0.25, 0.3) is 0 Å². The molecule has 3 N–H and O–H groups in total. The van der Waals surface area contributed by atoms with Crippen molar-refractivity contribution in [3.05, 3.63) is 41.9 Å². The molecule has 2 aromatic rings. The van der Waals surface area contributed by atoms with E-state index in [-0.39, 0.29) is 11.6 Å². The van der Waals surface area contributed by atoms with Gasteiger partial charge in [-0.05, 0) is 24.2 Å². The Morgan fingerprint density at radius 2 is 2.00 bits per heavy atom. The van der Waals surface area contributed by atoms with Crippen LogP contribution in [0.3, 0.4) is 0 Å². The highest BCUT2D eigenvalue weighted by Gasteiger charge is 2.20. The van der Waals surface area contributed by atoms with Gasteiger partial charge in [-0.2, -0.15) is 5.10 Å². The Labute approximate surface area is 117 Å². The molecular weight excluding hydrogens is 278 g/mol. The molecule has 0 saturated carbocycles.